The van der Waals surface area contributed by atoms with Crippen LogP contribution < -0.4 is 11.1 Å². The SMILES string of the molecule is CC1(C2N=C(N)NC2=O)CCCC1. The van der Waals surface area contributed by atoms with Gasteiger partial charge < -0.3 is 5.73 Å². The topological polar surface area (TPSA) is 67.5 Å². The van der Waals surface area contributed by atoms with Gasteiger partial charge in [0.15, 0.2) is 5.96 Å². The zero-order valence-electron chi connectivity index (χ0n) is 7.84. The van der Waals surface area contributed by atoms with Gasteiger partial charge in [0.1, 0.15) is 6.04 Å². The summed E-state index contributed by atoms with van der Waals surface area (Å²) in [5, 5.41) is 2.56. The Hall–Kier alpha value is -1.06. The van der Waals surface area contributed by atoms with Crippen molar-refractivity contribution < 1.29 is 4.79 Å². The van der Waals surface area contributed by atoms with Gasteiger partial charge >= 0.3 is 0 Å². The number of hydrogen-bond donors (Lipinski definition) is 2. The molecule has 4 nitrogen and oxygen atoms in total. The second kappa shape index (κ2) is 2.72. The minimum atomic E-state index is -0.241. The summed E-state index contributed by atoms with van der Waals surface area (Å²) in [5.41, 5.74) is 5.51. The average molecular weight is 181 g/mol. The van der Waals surface area contributed by atoms with E-state index in [0.717, 1.165) is 12.8 Å². The molecule has 0 spiro atoms. The van der Waals surface area contributed by atoms with Crippen molar-refractivity contribution >= 4 is 11.9 Å². The molecule has 0 aromatic heterocycles. The molecule has 1 amide bonds. The van der Waals surface area contributed by atoms with Gasteiger partial charge in [-0.3, -0.25) is 10.1 Å². The van der Waals surface area contributed by atoms with Crippen LogP contribution in [-0.2, 0) is 4.79 Å². The zero-order chi connectivity index (χ0) is 9.47. The molecule has 2 rings (SSSR count). The van der Waals surface area contributed by atoms with Crippen LogP contribution in [0, 0.1) is 5.41 Å². The van der Waals surface area contributed by atoms with Crippen LogP contribution in [0.25, 0.3) is 0 Å². The number of nitrogens with one attached hydrogen (secondary N) is 1. The summed E-state index contributed by atoms with van der Waals surface area (Å²) in [6.07, 6.45) is 4.58. The molecule has 1 unspecified atom stereocenters. The Morgan fingerprint density at radius 1 is 1.54 bits per heavy atom. The third-order valence-electron chi connectivity index (χ3n) is 3.17. The number of guanidine groups is 1. The van der Waals surface area contributed by atoms with Gasteiger partial charge in [-0.1, -0.05) is 19.8 Å². The van der Waals surface area contributed by atoms with E-state index >= 15 is 0 Å². The summed E-state index contributed by atoms with van der Waals surface area (Å²) in [4.78, 5) is 15.6. The lowest BCUT2D eigenvalue weighted by atomic mass is 9.81. The number of hydrogen-bond acceptors (Lipinski definition) is 3. The van der Waals surface area contributed by atoms with Crippen molar-refractivity contribution in [2.45, 2.75) is 38.6 Å². The first-order valence-electron chi connectivity index (χ1n) is 4.76. The fourth-order valence-electron chi connectivity index (χ4n) is 2.35. The molecule has 0 aromatic carbocycles. The molecule has 0 bridgehead atoms. The first-order chi connectivity index (χ1) is 6.12. The van der Waals surface area contributed by atoms with E-state index in [0.29, 0.717) is 0 Å². The van der Waals surface area contributed by atoms with Gasteiger partial charge in [0.2, 0.25) is 0 Å². The fraction of sp³-hybridized carbons (Fsp3) is 0.778. The van der Waals surface area contributed by atoms with Crippen LogP contribution in [0.5, 0.6) is 0 Å². The first kappa shape index (κ1) is 8.53. The average Bonchev–Trinajstić information content (AvgIpc) is 2.59. The van der Waals surface area contributed by atoms with E-state index in [2.05, 4.69) is 17.2 Å². The van der Waals surface area contributed by atoms with Crippen molar-refractivity contribution in [3.8, 4) is 0 Å². The monoisotopic (exact) mass is 181 g/mol. The fourth-order valence-corrected chi connectivity index (χ4v) is 2.35. The predicted molar refractivity (Wildman–Crippen MR) is 50.1 cm³/mol. The van der Waals surface area contributed by atoms with Crippen LogP contribution in [-0.4, -0.2) is 17.9 Å². The molecule has 1 aliphatic carbocycles. The highest BCUT2D eigenvalue weighted by Crippen LogP contribution is 2.42. The van der Waals surface area contributed by atoms with Gasteiger partial charge in [-0.2, -0.15) is 0 Å². The molecule has 4 heteroatoms. The standard InChI is InChI=1S/C9H15N3O/c1-9(4-2-3-5-9)6-7(13)12-8(10)11-6/h6H,2-5H2,1H3,(H3,10,11,12,13). The molecule has 3 N–H and O–H groups in total. The quantitative estimate of drug-likeness (QED) is 0.614. The molecule has 0 aromatic rings. The molecule has 2 aliphatic rings. The van der Waals surface area contributed by atoms with Crippen molar-refractivity contribution in [3.05, 3.63) is 0 Å². The Morgan fingerprint density at radius 3 is 2.62 bits per heavy atom. The van der Waals surface area contributed by atoms with E-state index in [9.17, 15) is 4.79 Å². The maximum atomic E-state index is 11.5. The van der Waals surface area contributed by atoms with Gasteiger partial charge in [-0.15, -0.1) is 0 Å². The van der Waals surface area contributed by atoms with Crippen molar-refractivity contribution in [1.29, 1.82) is 0 Å². The normalized spacial score (nSPS) is 31.6. The van der Waals surface area contributed by atoms with Gasteiger partial charge in [-0.05, 0) is 18.3 Å². The van der Waals surface area contributed by atoms with Crippen molar-refractivity contribution in [3.63, 3.8) is 0 Å². The number of carbonyl (C=O) groups excluding carboxylic acids is 1. The van der Waals surface area contributed by atoms with E-state index in [4.69, 9.17) is 5.73 Å². The molecule has 0 radical (unpaired) electrons. The maximum Gasteiger partial charge on any atom is 0.252 e. The van der Waals surface area contributed by atoms with Crippen LogP contribution in [0.1, 0.15) is 32.6 Å². The van der Waals surface area contributed by atoms with Crippen LogP contribution in [0.3, 0.4) is 0 Å². The molecule has 72 valence electrons. The number of nitrogens with two attached hydrogens (primary N) is 1. The van der Waals surface area contributed by atoms with Crippen LogP contribution in [0.15, 0.2) is 4.99 Å². The molecule has 1 fully saturated rings. The zero-order valence-corrected chi connectivity index (χ0v) is 7.84. The summed E-state index contributed by atoms with van der Waals surface area (Å²) in [5.74, 6) is 0.255. The number of rotatable bonds is 1. The summed E-state index contributed by atoms with van der Waals surface area (Å²) < 4.78 is 0. The highest BCUT2D eigenvalue weighted by molar-refractivity contribution is 6.04. The van der Waals surface area contributed by atoms with E-state index in [1.54, 1.807) is 0 Å². The van der Waals surface area contributed by atoms with E-state index in [1.165, 1.54) is 12.8 Å². The van der Waals surface area contributed by atoms with Gasteiger partial charge in [0, 0.05) is 0 Å². The van der Waals surface area contributed by atoms with Crippen LogP contribution in [0.2, 0.25) is 0 Å². The highest BCUT2D eigenvalue weighted by atomic mass is 16.2. The number of carbonyl (C=O) groups is 1. The Bertz CT molecular complexity index is 266. The largest absolute Gasteiger partial charge is 0.370 e. The highest BCUT2D eigenvalue weighted by Gasteiger charge is 2.43. The van der Waals surface area contributed by atoms with Gasteiger partial charge in [-0.25, -0.2) is 4.99 Å². The Labute approximate surface area is 77.6 Å². The third kappa shape index (κ3) is 1.30. The lowest BCUT2D eigenvalue weighted by Crippen LogP contribution is -2.39. The van der Waals surface area contributed by atoms with Crippen LogP contribution in [0.4, 0.5) is 0 Å². The number of nitrogens with zero attached hydrogens (tertiary/aromatic N) is 1. The summed E-state index contributed by atoms with van der Waals surface area (Å²) in [6, 6.07) is -0.241. The van der Waals surface area contributed by atoms with E-state index in [1.807, 2.05) is 0 Å². The Balaban J connectivity index is 2.20. The molecular formula is C9H15N3O. The van der Waals surface area contributed by atoms with Crippen molar-refractivity contribution in [2.75, 3.05) is 0 Å². The smallest absolute Gasteiger partial charge is 0.252 e. The van der Waals surface area contributed by atoms with Gasteiger partial charge in [0.05, 0.1) is 0 Å². The Morgan fingerprint density at radius 2 is 2.15 bits per heavy atom. The number of amides is 1. The molecule has 13 heavy (non-hydrogen) atoms. The van der Waals surface area contributed by atoms with Crippen molar-refractivity contribution in [2.24, 2.45) is 16.1 Å². The maximum absolute atomic E-state index is 11.5. The molecular weight excluding hydrogens is 166 g/mol. The molecule has 1 aliphatic heterocycles. The lowest BCUT2D eigenvalue weighted by molar-refractivity contribution is -0.122. The number of aliphatic imine (C=N–C) groups is 1. The second-order valence-electron chi connectivity index (χ2n) is 4.27. The molecule has 1 heterocycles. The summed E-state index contributed by atoms with van der Waals surface area (Å²) in [6.45, 7) is 2.13. The van der Waals surface area contributed by atoms with E-state index < -0.39 is 0 Å². The summed E-state index contributed by atoms with van der Waals surface area (Å²) in [7, 11) is 0. The second-order valence-corrected chi connectivity index (χ2v) is 4.27. The predicted octanol–water partition coefficient (Wildman–Crippen LogP) is 0.380. The molecule has 1 atom stereocenters. The summed E-state index contributed by atoms with van der Waals surface area (Å²) >= 11 is 0. The first-order valence-corrected chi connectivity index (χ1v) is 4.76. The molecule has 0 saturated heterocycles. The minimum Gasteiger partial charge on any atom is -0.370 e. The Kier molecular flexibility index (Phi) is 1.78. The third-order valence-corrected chi connectivity index (χ3v) is 3.17. The lowest BCUT2D eigenvalue weighted by Gasteiger charge is -2.26. The van der Waals surface area contributed by atoms with Crippen molar-refractivity contribution in [1.82, 2.24) is 5.32 Å². The van der Waals surface area contributed by atoms with Crippen LogP contribution >= 0.6 is 0 Å². The molecule has 1 saturated carbocycles. The van der Waals surface area contributed by atoms with Gasteiger partial charge in [0.25, 0.3) is 5.91 Å². The van der Waals surface area contributed by atoms with E-state index in [-0.39, 0.29) is 23.3 Å². The minimum absolute atomic E-state index is 0.0260.